The first-order chi connectivity index (χ1) is 12.7. The van der Waals surface area contributed by atoms with Gasteiger partial charge in [0.25, 0.3) is 5.91 Å². The molecule has 5 heteroatoms. The number of amides is 1. The monoisotopic (exact) mass is 365 g/mol. The number of carbonyl (C=O) groups is 1. The van der Waals surface area contributed by atoms with Crippen LogP contribution in [-0.2, 0) is 19.6 Å². The summed E-state index contributed by atoms with van der Waals surface area (Å²) in [6.45, 7) is 5.34. The highest BCUT2D eigenvalue weighted by molar-refractivity contribution is 7.12. The van der Waals surface area contributed by atoms with Gasteiger partial charge in [-0.05, 0) is 41.6 Å². The SMILES string of the molecule is Cc1ccsc1C(=O)NCC1Cn2cccc2CN1Cc1ccccc1. The molecular weight excluding hydrogens is 342 g/mol. The summed E-state index contributed by atoms with van der Waals surface area (Å²) in [5.41, 5.74) is 3.68. The minimum atomic E-state index is 0.0375. The Balaban J connectivity index is 1.48. The number of aryl methyl sites for hydroxylation is 1. The van der Waals surface area contributed by atoms with Gasteiger partial charge in [0, 0.05) is 44.1 Å². The molecule has 0 bridgehead atoms. The second-order valence-electron chi connectivity index (χ2n) is 6.84. The number of nitrogens with zero attached hydrogens (tertiary/aromatic N) is 2. The van der Waals surface area contributed by atoms with Gasteiger partial charge in [0.1, 0.15) is 0 Å². The van der Waals surface area contributed by atoms with E-state index in [2.05, 4.69) is 57.4 Å². The number of aromatic nitrogens is 1. The Morgan fingerprint density at radius 3 is 2.81 bits per heavy atom. The van der Waals surface area contributed by atoms with E-state index in [1.54, 1.807) is 0 Å². The fourth-order valence-electron chi connectivity index (χ4n) is 3.54. The molecule has 1 atom stereocenters. The molecule has 3 heterocycles. The zero-order valence-corrected chi connectivity index (χ0v) is 15.7. The van der Waals surface area contributed by atoms with Gasteiger partial charge < -0.3 is 9.88 Å². The van der Waals surface area contributed by atoms with Crippen LogP contribution in [0.2, 0.25) is 0 Å². The van der Waals surface area contributed by atoms with Crippen LogP contribution in [0.4, 0.5) is 0 Å². The third kappa shape index (κ3) is 3.59. The summed E-state index contributed by atoms with van der Waals surface area (Å²) in [6.07, 6.45) is 2.13. The number of hydrogen-bond donors (Lipinski definition) is 1. The molecule has 1 aliphatic heterocycles. The Hall–Kier alpha value is -2.37. The van der Waals surface area contributed by atoms with Crippen LogP contribution >= 0.6 is 11.3 Å². The Labute approximate surface area is 158 Å². The first kappa shape index (κ1) is 17.1. The molecule has 4 rings (SSSR count). The molecule has 1 amide bonds. The average Bonchev–Trinajstić information content (AvgIpc) is 3.28. The molecule has 0 fully saturated rings. The highest BCUT2D eigenvalue weighted by Gasteiger charge is 2.26. The zero-order chi connectivity index (χ0) is 17.9. The lowest BCUT2D eigenvalue weighted by atomic mass is 10.1. The maximum atomic E-state index is 12.5. The van der Waals surface area contributed by atoms with Crippen molar-refractivity contribution in [3.05, 3.63) is 81.8 Å². The van der Waals surface area contributed by atoms with Gasteiger partial charge >= 0.3 is 0 Å². The molecule has 1 aliphatic rings. The maximum Gasteiger partial charge on any atom is 0.261 e. The molecule has 0 aliphatic carbocycles. The van der Waals surface area contributed by atoms with Crippen LogP contribution in [0.3, 0.4) is 0 Å². The van der Waals surface area contributed by atoms with E-state index in [0.717, 1.165) is 30.1 Å². The molecule has 3 aromatic rings. The summed E-state index contributed by atoms with van der Waals surface area (Å²) in [6, 6.07) is 17.1. The first-order valence-corrected chi connectivity index (χ1v) is 9.83. The van der Waals surface area contributed by atoms with Crippen molar-refractivity contribution in [3.63, 3.8) is 0 Å². The Kier molecular flexibility index (Phi) is 4.91. The Morgan fingerprint density at radius 1 is 1.19 bits per heavy atom. The second-order valence-corrected chi connectivity index (χ2v) is 7.76. The van der Waals surface area contributed by atoms with Crippen LogP contribution in [-0.4, -0.2) is 28.0 Å². The van der Waals surface area contributed by atoms with E-state index < -0.39 is 0 Å². The molecule has 4 nitrogen and oxygen atoms in total. The van der Waals surface area contributed by atoms with Gasteiger partial charge in [-0.3, -0.25) is 9.69 Å². The van der Waals surface area contributed by atoms with E-state index in [0.29, 0.717) is 6.54 Å². The number of hydrogen-bond acceptors (Lipinski definition) is 3. The van der Waals surface area contributed by atoms with Gasteiger partial charge in [0.05, 0.1) is 4.88 Å². The lowest BCUT2D eigenvalue weighted by Gasteiger charge is -2.37. The van der Waals surface area contributed by atoms with E-state index in [9.17, 15) is 4.79 Å². The van der Waals surface area contributed by atoms with Gasteiger partial charge in [-0.15, -0.1) is 11.3 Å². The normalized spacial score (nSPS) is 17.0. The number of rotatable bonds is 5. The smallest absolute Gasteiger partial charge is 0.261 e. The van der Waals surface area contributed by atoms with Crippen LogP contribution in [0.15, 0.2) is 60.1 Å². The summed E-state index contributed by atoms with van der Waals surface area (Å²) >= 11 is 1.51. The van der Waals surface area contributed by atoms with E-state index in [4.69, 9.17) is 0 Å². The molecule has 1 aromatic carbocycles. The first-order valence-electron chi connectivity index (χ1n) is 8.95. The summed E-state index contributed by atoms with van der Waals surface area (Å²) in [7, 11) is 0. The van der Waals surface area contributed by atoms with Gasteiger partial charge in [0.2, 0.25) is 0 Å². The van der Waals surface area contributed by atoms with Crippen LogP contribution < -0.4 is 5.32 Å². The molecule has 0 saturated heterocycles. The predicted molar refractivity (Wildman–Crippen MR) is 105 cm³/mol. The molecule has 2 aromatic heterocycles. The third-order valence-electron chi connectivity index (χ3n) is 5.01. The number of thiophene rings is 1. The van der Waals surface area contributed by atoms with Crippen LogP contribution in [0.5, 0.6) is 0 Å². The molecule has 26 heavy (non-hydrogen) atoms. The molecule has 0 radical (unpaired) electrons. The average molecular weight is 366 g/mol. The summed E-state index contributed by atoms with van der Waals surface area (Å²) in [4.78, 5) is 15.8. The number of nitrogens with one attached hydrogen (secondary N) is 1. The van der Waals surface area contributed by atoms with Crippen LogP contribution in [0.25, 0.3) is 0 Å². The standard InChI is InChI=1S/C21H23N3OS/c1-16-9-11-26-20(16)21(25)22-12-19-15-23-10-5-8-18(23)14-24(19)13-17-6-3-2-4-7-17/h2-11,19H,12-15H2,1H3,(H,22,25). The van der Waals surface area contributed by atoms with E-state index in [1.807, 2.05) is 24.4 Å². The highest BCUT2D eigenvalue weighted by Crippen LogP contribution is 2.21. The zero-order valence-electron chi connectivity index (χ0n) is 14.9. The van der Waals surface area contributed by atoms with Crippen molar-refractivity contribution in [2.24, 2.45) is 0 Å². The maximum absolute atomic E-state index is 12.5. The molecule has 0 saturated carbocycles. The topological polar surface area (TPSA) is 37.3 Å². The van der Waals surface area contributed by atoms with Crippen molar-refractivity contribution < 1.29 is 4.79 Å². The molecular formula is C21H23N3OS. The Bertz CT molecular complexity index is 884. The highest BCUT2D eigenvalue weighted by atomic mass is 32.1. The van der Waals surface area contributed by atoms with Gasteiger partial charge in [-0.2, -0.15) is 0 Å². The fraction of sp³-hybridized carbons (Fsp3) is 0.286. The van der Waals surface area contributed by atoms with E-state index >= 15 is 0 Å². The van der Waals surface area contributed by atoms with Crippen molar-refractivity contribution in [2.45, 2.75) is 32.6 Å². The van der Waals surface area contributed by atoms with Crippen molar-refractivity contribution in [1.82, 2.24) is 14.8 Å². The quantitative estimate of drug-likeness (QED) is 0.749. The van der Waals surface area contributed by atoms with Gasteiger partial charge in [-0.1, -0.05) is 30.3 Å². The third-order valence-corrected chi connectivity index (χ3v) is 6.02. The summed E-state index contributed by atoms with van der Waals surface area (Å²) < 4.78 is 2.30. The fourth-order valence-corrected chi connectivity index (χ4v) is 4.38. The van der Waals surface area contributed by atoms with Crippen molar-refractivity contribution >= 4 is 17.2 Å². The summed E-state index contributed by atoms with van der Waals surface area (Å²) in [5, 5.41) is 5.12. The second kappa shape index (κ2) is 7.48. The van der Waals surface area contributed by atoms with Crippen molar-refractivity contribution in [2.75, 3.05) is 6.54 Å². The Morgan fingerprint density at radius 2 is 2.04 bits per heavy atom. The van der Waals surface area contributed by atoms with Crippen LogP contribution in [0.1, 0.15) is 26.5 Å². The van der Waals surface area contributed by atoms with Gasteiger partial charge in [-0.25, -0.2) is 0 Å². The molecule has 1 N–H and O–H groups in total. The lowest BCUT2D eigenvalue weighted by molar-refractivity contribution is 0.0902. The lowest BCUT2D eigenvalue weighted by Crippen LogP contribution is -2.48. The molecule has 0 spiro atoms. The van der Waals surface area contributed by atoms with E-state index in [1.165, 1.54) is 22.6 Å². The number of carbonyl (C=O) groups excluding carboxylic acids is 1. The summed E-state index contributed by atoms with van der Waals surface area (Å²) in [5.74, 6) is 0.0375. The molecule has 1 unspecified atom stereocenters. The number of fused-ring (bicyclic) bond motifs is 1. The predicted octanol–water partition coefficient (Wildman–Crippen LogP) is 3.67. The van der Waals surface area contributed by atoms with Crippen LogP contribution in [0, 0.1) is 6.92 Å². The number of benzene rings is 1. The van der Waals surface area contributed by atoms with Crippen molar-refractivity contribution in [3.8, 4) is 0 Å². The minimum Gasteiger partial charge on any atom is -0.350 e. The molecule has 134 valence electrons. The minimum absolute atomic E-state index is 0.0375. The van der Waals surface area contributed by atoms with E-state index in [-0.39, 0.29) is 11.9 Å². The largest absolute Gasteiger partial charge is 0.350 e. The van der Waals surface area contributed by atoms with Gasteiger partial charge in [0.15, 0.2) is 0 Å². The van der Waals surface area contributed by atoms with Crippen molar-refractivity contribution in [1.29, 1.82) is 0 Å².